The van der Waals surface area contributed by atoms with Gasteiger partial charge in [-0.05, 0) is 50.0 Å². The molecular formula is C16H28N2O. The molecule has 0 bridgehead atoms. The average molecular weight is 264 g/mol. The van der Waals surface area contributed by atoms with Crippen LogP contribution in [0.2, 0.25) is 0 Å². The summed E-state index contributed by atoms with van der Waals surface area (Å²) >= 11 is 0. The molecule has 108 valence electrons. The second-order valence-corrected chi connectivity index (χ2v) is 5.95. The lowest BCUT2D eigenvalue weighted by Gasteiger charge is -2.30. The molecule has 3 nitrogen and oxygen atoms in total. The zero-order valence-electron chi connectivity index (χ0n) is 12.8. The van der Waals surface area contributed by atoms with Gasteiger partial charge in [-0.3, -0.25) is 0 Å². The number of rotatable bonds is 8. The van der Waals surface area contributed by atoms with Crippen molar-refractivity contribution in [2.45, 2.75) is 33.7 Å². The molecule has 0 radical (unpaired) electrons. The first-order chi connectivity index (χ1) is 8.96. The van der Waals surface area contributed by atoms with E-state index in [-0.39, 0.29) is 5.41 Å². The molecule has 1 aromatic carbocycles. The molecule has 3 heteroatoms. The highest BCUT2D eigenvalue weighted by atomic mass is 16.5. The molecule has 1 aromatic rings. The highest BCUT2D eigenvalue weighted by Crippen LogP contribution is 2.21. The Bertz CT molecular complexity index is 360. The topological polar surface area (TPSA) is 38.5 Å². The maximum Gasteiger partial charge on any atom is 0.119 e. The molecule has 0 fully saturated rings. The van der Waals surface area contributed by atoms with Gasteiger partial charge in [-0.1, -0.05) is 26.0 Å². The molecule has 0 heterocycles. The summed E-state index contributed by atoms with van der Waals surface area (Å²) in [7, 11) is 2.16. The summed E-state index contributed by atoms with van der Waals surface area (Å²) < 4.78 is 5.45. The number of hydrogen-bond acceptors (Lipinski definition) is 3. The fourth-order valence-corrected chi connectivity index (χ4v) is 2.43. The number of ether oxygens (including phenoxy) is 1. The quantitative estimate of drug-likeness (QED) is 0.784. The minimum absolute atomic E-state index is 0.273. The highest BCUT2D eigenvalue weighted by molar-refractivity contribution is 5.27. The zero-order valence-corrected chi connectivity index (χ0v) is 12.8. The van der Waals surface area contributed by atoms with Crippen molar-refractivity contribution in [3.63, 3.8) is 0 Å². The van der Waals surface area contributed by atoms with Gasteiger partial charge in [0.1, 0.15) is 5.75 Å². The fraction of sp³-hybridized carbons (Fsp3) is 0.625. The maximum absolute atomic E-state index is 5.66. The van der Waals surface area contributed by atoms with E-state index in [9.17, 15) is 0 Å². The smallest absolute Gasteiger partial charge is 0.119 e. The first-order valence-corrected chi connectivity index (χ1v) is 7.07. The van der Waals surface area contributed by atoms with E-state index in [0.717, 1.165) is 31.8 Å². The molecular weight excluding hydrogens is 236 g/mol. The summed E-state index contributed by atoms with van der Waals surface area (Å²) in [5.41, 5.74) is 7.24. The number of benzene rings is 1. The van der Waals surface area contributed by atoms with Gasteiger partial charge in [0.15, 0.2) is 0 Å². The van der Waals surface area contributed by atoms with Gasteiger partial charge in [0.2, 0.25) is 0 Å². The van der Waals surface area contributed by atoms with Crippen molar-refractivity contribution >= 4 is 0 Å². The van der Waals surface area contributed by atoms with Crippen LogP contribution in [-0.2, 0) is 6.54 Å². The molecule has 0 aliphatic heterocycles. The van der Waals surface area contributed by atoms with Crippen LogP contribution in [0.5, 0.6) is 5.75 Å². The first-order valence-electron chi connectivity index (χ1n) is 7.07. The molecule has 19 heavy (non-hydrogen) atoms. The zero-order chi connectivity index (χ0) is 14.3. The highest BCUT2D eigenvalue weighted by Gasteiger charge is 2.19. The molecule has 0 aromatic heterocycles. The average Bonchev–Trinajstić information content (AvgIpc) is 2.31. The Morgan fingerprint density at radius 1 is 1.21 bits per heavy atom. The van der Waals surface area contributed by atoms with Gasteiger partial charge in [-0.25, -0.2) is 0 Å². The van der Waals surface area contributed by atoms with E-state index in [4.69, 9.17) is 10.5 Å². The van der Waals surface area contributed by atoms with Crippen LogP contribution < -0.4 is 10.5 Å². The van der Waals surface area contributed by atoms with Crippen molar-refractivity contribution in [3.8, 4) is 5.75 Å². The fourth-order valence-electron chi connectivity index (χ4n) is 2.43. The van der Waals surface area contributed by atoms with Gasteiger partial charge >= 0.3 is 0 Å². The van der Waals surface area contributed by atoms with Crippen molar-refractivity contribution in [1.29, 1.82) is 0 Å². The second-order valence-electron chi connectivity index (χ2n) is 5.95. The summed E-state index contributed by atoms with van der Waals surface area (Å²) in [4.78, 5) is 2.35. The van der Waals surface area contributed by atoms with Crippen LogP contribution in [0.4, 0.5) is 0 Å². The minimum Gasteiger partial charge on any atom is -0.494 e. The van der Waals surface area contributed by atoms with Crippen LogP contribution >= 0.6 is 0 Å². The lowest BCUT2D eigenvalue weighted by atomic mass is 9.89. The maximum atomic E-state index is 5.66. The van der Waals surface area contributed by atoms with Crippen molar-refractivity contribution in [2.75, 3.05) is 26.7 Å². The lowest BCUT2D eigenvalue weighted by Crippen LogP contribution is -2.32. The first kappa shape index (κ1) is 16.0. The summed E-state index contributed by atoms with van der Waals surface area (Å²) in [5.74, 6) is 0.942. The van der Waals surface area contributed by atoms with E-state index in [2.05, 4.69) is 37.9 Å². The third-order valence-corrected chi connectivity index (χ3v) is 3.21. The number of hydrogen-bond donors (Lipinski definition) is 1. The van der Waals surface area contributed by atoms with Gasteiger partial charge in [0, 0.05) is 13.1 Å². The Hall–Kier alpha value is -1.06. The normalized spacial score (nSPS) is 11.9. The summed E-state index contributed by atoms with van der Waals surface area (Å²) in [6.45, 7) is 10.0. The monoisotopic (exact) mass is 264 g/mol. The second kappa shape index (κ2) is 7.51. The number of nitrogens with zero attached hydrogens (tertiary/aromatic N) is 1. The molecule has 0 amide bonds. The molecule has 0 unspecified atom stereocenters. The van der Waals surface area contributed by atoms with Crippen LogP contribution in [-0.4, -0.2) is 31.6 Å². The molecule has 0 atom stereocenters. The van der Waals surface area contributed by atoms with Gasteiger partial charge < -0.3 is 15.4 Å². The number of nitrogens with two attached hydrogens (primary N) is 1. The van der Waals surface area contributed by atoms with E-state index < -0.39 is 0 Å². The van der Waals surface area contributed by atoms with Crippen LogP contribution in [0.3, 0.4) is 0 Å². The van der Waals surface area contributed by atoms with Crippen LogP contribution in [0.25, 0.3) is 0 Å². The molecule has 0 saturated carbocycles. The molecule has 0 saturated heterocycles. The summed E-state index contributed by atoms with van der Waals surface area (Å²) in [6, 6.07) is 8.35. The molecule has 2 N–H and O–H groups in total. The van der Waals surface area contributed by atoms with Crippen molar-refractivity contribution < 1.29 is 4.74 Å². The SMILES string of the molecule is CCOc1ccc(CN(C)CC(C)(C)CCN)cc1. The van der Waals surface area contributed by atoms with E-state index >= 15 is 0 Å². The minimum atomic E-state index is 0.273. The van der Waals surface area contributed by atoms with Crippen molar-refractivity contribution in [3.05, 3.63) is 29.8 Å². The Labute approximate surface area is 117 Å². The summed E-state index contributed by atoms with van der Waals surface area (Å²) in [6.07, 6.45) is 1.06. The molecule has 1 rings (SSSR count). The molecule has 0 aliphatic carbocycles. The van der Waals surface area contributed by atoms with E-state index in [1.165, 1.54) is 5.56 Å². The Kier molecular flexibility index (Phi) is 6.32. The van der Waals surface area contributed by atoms with Gasteiger partial charge in [-0.15, -0.1) is 0 Å². The predicted octanol–water partition coefficient (Wildman–Crippen LogP) is 2.89. The van der Waals surface area contributed by atoms with E-state index in [0.29, 0.717) is 6.61 Å². The third kappa shape index (κ3) is 6.08. The van der Waals surface area contributed by atoms with Gasteiger partial charge in [0.05, 0.1) is 6.61 Å². The Morgan fingerprint density at radius 3 is 2.37 bits per heavy atom. The van der Waals surface area contributed by atoms with Crippen LogP contribution in [0.15, 0.2) is 24.3 Å². The van der Waals surface area contributed by atoms with Crippen LogP contribution in [0, 0.1) is 5.41 Å². The third-order valence-electron chi connectivity index (χ3n) is 3.21. The summed E-state index contributed by atoms with van der Waals surface area (Å²) in [5, 5.41) is 0. The van der Waals surface area contributed by atoms with Gasteiger partial charge in [-0.2, -0.15) is 0 Å². The predicted molar refractivity (Wildman–Crippen MR) is 81.4 cm³/mol. The van der Waals surface area contributed by atoms with Crippen molar-refractivity contribution in [2.24, 2.45) is 11.1 Å². The van der Waals surface area contributed by atoms with Crippen LogP contribution in [0.1, 0.15) is 32.8 Å². The standard InChI is InChI=1S/C16H28N2O/c1-5-19-15-8-6-14(7-9-15)12-18(4)13-16(2,3)10-11-17/h6-9H,5,10-13,17H2,1-4H3. The molecule has 0 aliphatic rings. The largest absolute Gasteiger partial charge is 0.494 e. The van der Waals surface area contributed by atoms with E-state index in [1.807, 2.05) is 19.1 Å². The van der Waals surface area contributed by atoms with Crippen molar-refractivity contribution in [1.82, 2.24) is 4.90 Å². The lowest BCUT2D eigenvalue weighted by molar-refractivity contribution is 0.195. The van der Waals surface area contributed by atoms with Gasteiger partial charge in [0.25, 0.3) is 0 Å². The van der Waals surface area contributed by atoms with E-state index in [1.54, 1.807) is 0 Å². The Balaban J connectivity index is 2.49. The molecule has 0 spiro atoms. The Morgan fingerprint density at radius 2 is 1.84 bits per heavy atom.